The minimum absolute atomic E-state index is 0.256. The molecule has 42 heavy (non-hydrogen) atoms. The number of carbonyl (C=O) groups excluding carboxylic acids is 2. The molecule has 1 aliphatic heterocycles. The number of rotatable bonds is 6. The Hall–Kier alpha value is -4.21. The van der Waals surface area contributed by atoms with E-state index < -0.39 is 18.0 Å². The molecule has 0 N–H and O–H groups in total. The van der Waals surface area contributed by atoms with Gasteiger partial charge in [0.2, 0.25) is 0 Å². The minimum atomic E-state index is -0.715. The van der Waals surface area contributed by atoms with Gasteiger partial charge in [0.15, 0.2) is 4.80 Å². The van der Waals surface area contributed by atoms with E-state index in [-0.39, 0.29) is 11.7 Å². The molecular formula is C32H30ClN3O5S. The second kappa shape index (κ2) is 11.6. The maximum absolute atomic E-state index is 14.0. The van der Waals surface area contributed by atoms with Gasteiger partial charge in [0, 0.05) is 22.1 Å². The highest BCUT2D eigenvalue weighted by Crippen LogP contribution is 2.31. The van der Waals surface area contributed by atoms with E-state index in [1.54, 1.807) is 49.6 Å². The zero-order valence-electron chi connectivity index (χ0n) is 24.1. The molecule has 1 aliphatic rings. The van der Waals surface area contributed by atoms with E-state index in [1.807, 2.05) is 50.3 Å². The standard InChI is InChI=1S/C32H30ClN3O5S/c1-17(2)41-31(39)27-19(4)34-32-36(28(27)21-7-11-24(33)12-8-21)29(37)26(42-32)16-23-15-18(3)35(20(23)5)25-13-9-22(10-14-25)30(38)40-6/h7-17,28H,1-6H3/b26-16+/t28-/m1/s1. The van der Waals surface area contributed by atoms with Crippen molar-refractivity contribution >= 4 is 41.0 Å². The van der Waals surface area contributed by atoms with E-state index in [0.29, 0.717) is 31.2 Å². The molecule has 4 aromatic rings. The number of allylic oxidation sites excluding steroid dienone is 1. The fourth-order valence-corrected chi connectivity index (χ4v) is 6.32. The third-order valence-electron chi connectivity index (χ3n) is 7.07. The summed E-state index contributed by atoms with van der Waals surface area (Å²) in [6.45, 7) is 9.28. The van der Waals surface area contributed by atoms with Crippen molar-refractivity contribution < 1.29 is 19.1 Å². The van der Waals surface area contributed by atoms with E-state index in [1.165, 1.54) is 18.4 Å². The number of esters is 2. The highest BCUT2D eigenvalue weighted by Gasteiger charge is 2.33. The summed E-state index contributed by atoms with van der Waals surface area (Å²) in [5, 5.41) is 0.550. The number of benzene rings is 2. The normalized spacial score (nSPS) is 15.0. The van der Waals surface area contributed by atoms with Crippen LogP contribution in [0.15, 0.2) is 75.7 Å². The molecule has 8 nitrogen and oxygen atoms in total. The third kappa shape index (κ3) is 5.37. The van der Waals surface area contributed by atoms with Crippen LogP contribution in [-0.4, -0.2) is 34.3 Å². The maximum Gasteiger partial charge on any atom is 0.338 e. The molecule has 0 unspecified atom stereocenters. The lowest BCUT2D eigenvalue weighted by atomic mass is 9.96. The average Bonchev–Trinajstić information content (AvgIpc) is 3.41. The summed E-state index contributed by atoms with van der Waals surface area (Å²) < 4.78 is 14.5. The molecule has 0 aliphatic carbocycles. The Bertz CT molecular complexity index is 1910. The Morgan fingerprint density at radius 3 is 2.31 bits per heavy atom. The number of methoxy groups -OCH3 is 1. The predicted molar refractivity (Wildman–Crippen MR) is 163 cm³/mol. The van der Waals surface area contributed by atoms with Gasteiger partial charge in [-0.25, -0.2) is 14.6 Å². The lowest BCUT2D eigenvalue weighted by molar-refractivity contribution is -0.143. The number of hydrogen-bond donors (Lipinski definition) is 0. The lowest BCUT2D eigenvalue weighted by Gasteiger charge is -2.25. The number of halogens is 1. The number of aryl methyl sites for hydroxylation is 1. The molecule has 0 bridgehead atoms. The number of hydrogen-bond acceptors (Lipinski definition) is 7. The third-order valence-corrected chi connectivity index (χ3v) is 8.31. The summed E-state index contributed by atoms with van der Waals surface area (Å²) >= 11 is 7.43. The van der Waals surface area contributed by atoms with E-state index >= 15 is 0 Å². The molecule has 0 spiro atoms. The van der Waals surface area contributed by atoms with E-state index in [2.05, 4.69) is 9.56 Å². The van der Waals surface area contributed by atoms with E-state index in [9.17, 15) is 14.4 Å². The fourth-order valence-electron chi connectivity index (χ4n) is 5.16. The van der Waals surface area contributed by atoms with Gasteiger partial charge in [0.25, 0.3) is 5.56 Å². The molecule has 0 radical (unpaired) electrons. The Morgan fingerprint density at radius 2 is 1.69 bits per heavy atom. The first-order valence-corrected chi connectivity index (χ1v) is 14.6. The van der Waals surface area contributed by atoms with Crippen LogP contribution >= 0.6 is 22.9 Å². The topological polar surface area (TPSA) is 91.9 Å². The maximum atomic E-state index is 14.0. The molecule has 10 heteroatoms. The number of aromatic nitrogens is 2. The predicted octanol–water partition coefficient (Wildman–Crippen LogP) is 5.03. The summed E-state index contributed by atoms with van der Waals surface area (Å²) in [7, 11) is 1.35. The van der Waals surface area contributed by atoms with Gasteiger partial charge in [-0.3, -0.25) is 9.36 Å². The lowest BCUT2D eigenvalue weighted by Crippen LogP contribution is -2.40. The van der Waals surface area contributed by atoms with E-state index in [4.69, 9.17) is 21.1 Å². The first kappa shape index (κ1) is 29.3. The quantitative estimate of drug-likeness (QED) is 0.288. The molecule has 2 aromatic carbocycles. The molecule has 0 fully saturated rings. The zero-order chi connectivity index (χ0) is 30.3. The van der Waals surface area contributed by atoms with Crippen molar-refractivity contribution in [1.29, 1.82) is 0 Å². The Kier molecular flexibility index (Phi) is 8.08. The van der Waals surface area contributed by atoms with Gasteiger partial charge in [0.1, 0.15) is 0 Å². The van der Waals surface area contributed by atoms with Crippen LogP contribution in [0, 0.1) is 13.8 Å². The monoisotopic (exact) mass is 603 g/mol. The minimum Gasteiger partial charge on any atom is -0.465 e. The summed E-state index contributed by atoms with van der Waals surface area (Å²) in [4.78, 5) is 44.3. The van der Waals surface area contributed by atoms with Crippen molar-refractivity contribution in [2.45, 2.75) is 46.8 Å². The van der Waals surface area contributed by atoms with Crippen LogP contribution in [0.3, 0.4) is 0 Å². The summed E-state index contributed by atoms with van der Waals surface area (Å²) in [5.41, 5.74) is 5.40. The molecule has 0 saturated heterocycles. The Balaban J connectivity index is 1.63. The number of nitrogens with zero attached hydrogens (tertiary/aromatic N) is 3. The average molecular weight is 604 g/mol. The van der Waals surface area contributed by atoms with Gasteiger partial charge in [-0.1, -0.05) is 35.1 Å². The number of fused-ring (bicyclic) bond motifs is 1. The van der Waals surface area contributed by atoms with Gasteiger partial charge in [0.05, 0.1) is 40.6 Å². The second-order valence-electron chi connectivity index (χ2n) is 10.3. The van der Waals surface area contributed by atoms with Crippen LogP contribution in [0.1, 0.15) is 59.7 Å². The second-order valence-corrected chi connectivity index (χ2v) is 11.7. The van der Waals surface area contributed by atoms with Crippen LogP contribution in [0.25, 0.3) is 11.8 Å². The molecule has 2 aromatic heterocycles. The van der Waals surface area contributed by atoms with Gasteiger partial charge in [-0.15, -0.1) is 0 Å². The first-order valence-electron chi connectivity index (χ1n) is 13.4. The first-order chi connectivity index (χ1) is 20.0. The zero-order valence-corrected chi connectivity index (χ0v) is 25.7. The van der Waals surface area contributed by atoms with Crippen LogP contribution in [0.5, 0.6) is 0 Å². The number of ether oxygens (including phenoxy) is 2. The smallest absolute Gasteiger partial charge is 0.338 e. The van der Waals surface area contributed by atoms with Crippen molar-refractivity contribution in [3.05, 3.63) is 119 Å². The molecule has 1 atom stereocenters. The molecule has 5 rings (SSSR count). The SMILES string of the molecule is COC(=O)c1ccc(-n2c(C)cc(/C=c3/sc4n(c3=O)[C@H](c3ccc(Cl)cc3)C(C(=O)OC(C)C)=C(C)N=4)c2C)cc1. The Morgan fingerprint density at radius 1 is 1.02 bits per heavy atom. The summed E-state index contributed by atoms with van der Waals surface area (Å²) in [6, 6.07) is 15.5. The molecular weight excluding hydrogens is 574 g/mol. The largest absolute Gasteiger partial charge is 0.465 e. The van der Waals surface area contributed by atoms with Crippen LogP contribution in [0.4, 0.5) is 0 Å². The van der Waals surface area contributed by atoms with Crippen LogP contribution < -0.4 is 14.9 Å². The van der Waals surface area contributed by atoms with Crippen LogP contribution in [0.2, 0.25) is 5.02 Å². The van der Waals surface area contributed by atoms with Crippen molar-refractivity contribution in [2.24, 2.45) is 4.99 Å². The van der Waals surface area contributed by atoms with Crippen molar-refractivity contribution in [3.63, 3.8) is 0 Å². The van der Waals surface area contributed by atoms with Gasteiger partial charge >= 0.3 is 11.9 Å². The van der Waals surface area contributed by atoms with Crippen molar-refractivity contribution in [2.75, 3.05) is 7.11 Å². The van der Waals surface area contributed by atoms with Gasteiger partial charge < -0.3 is 14.0 Å². The number of thiazole rings is 1. The van der Waals surface area contributed by atoms with E-state index in [0.717, 1.165) is 28.2 Å². The highest BCUT2D eigenvalue weighted by atomic mass is 35.5. The van der Waals surface area contributed by atoms with Crippen molar-refractivity contribution in [3.8, 4) is 5.69 Å². The van der Waals surface area contributed by atoms with Gasteiger partial charge in [-0.2, -0.15) is 0 Å². The fraction of sp³-hybridized carbons (Fsp3) is 0.250. The molecule has 0 saturated carbocycles. The van der Waals surface area contributed by atoms with Gasteiger partial charge in [-0.05, 0) is 94.3 Å². The van der Waals surface area contributed by atoms with Crippen LogP contribution in [-0.2, 0) is 14.3 Å². The van der Waals surface area contributed by atoms with Crippen molar-refractivity contribution in [1.82, 2.24) is 9.13 Å². The Labute approximate surface area is 251 Å². The molecule has 0 amide bonds. The highest BCUT2D eigenvalue weighted by molar-refractivity contribution is 7.07. The summed E-state index contributed by atoms with van der Waals surface area (Å²) in [5.74, 6) is -0.909. The number of carbonyl (C=O) groups is 2. The molecule has 3 heterocycles. The summed E-state index contributed by atoms with van der Waals surface area (Å²) in [6.07, 6.45) is 1.52. The molecule has 216 valence electrons.